The Balaban J connectivity index is 2.45. The van der Waals surface area contributed by atoms with Crippen molar-refractivity contribution in [1.82, 2.24) is 4.98 Å². The third-order valence-corrected chi connectivity index (χ3v) is 3.05. The summed E-state index contributed by atoms with van der Waals surface area (Å²) in [4.78, 5) is 4.27. The van der Waals surface area contributed by atoms with Crippen molar-refractivity contribution in [2.75, 3.05) is 20.3 Å². The van der Waals surface area contributed by atoms with E-state index in [0.29, 0.717) is 18.2 Å². The van der Waals surface area contributed by atoms with Gasteiger partial charge in [-0.2, -0.15) is 0 Å². The van der Waals surface area contributed by atoms with E-state index in [4.69, 9.17) is 21.1 Å². The Labute approximate surface area is 88.0 Å². The van der Waals surface area contributed by atoms with E-state index in [1.165, 1.54) is 0 Å². The zero-order chi connectivity index (χ0) is 10.2. The average Bonchev–Trinajstić information content (AvgIpc) is 2.11. The number of halogens is 1. The molecule has 0 spiro atoms. The van der Waals surface area contributed by atoms with E-state index in [-0.39, 0.29) is 0 Å². The first-order chi connectivity index (χ1) is 6.69. The van der Waals surface area contributed by atoms with Crippen LogP contribution in [0.25, 0.3) is 0 Å². The molecule has 0 saturated carbocycles. The van der Waals surface area contributed by atoms with Crippen molar-refractivity contribution in [1.29, 1.82) is 0 Å². The number of hydrogen-bond donors (Lipinski definition) is 0. The van der Waals surface area contributed by atoms with Crippen LogP contribution in [0, 0.1) is 6.92 Å². The van der Waals surface area contributed by atoms with Crippen LogP contribution < -0.4 is 0 Å². The van der Waals surface area contributed by atoms with E-state index in [1.54, 1.807) is 13.3 Å². The first-order valence-corrected chi connectivity index (χ1v) is 4.82. The number of ether oxygens (including phenoxy) is 2. The van der Waals surface area contributed by atoms with Gasteiger partial charge in [0.15, 0.2) is 5.60 Å². The molecule has 0 atom stereocenters. The lowest BCUT2D eigenvalue weighted by molar-refractivity contribution is -0.204. The Morgan fingerprint density at radius 1 is 1.57 bits per heavy atom. The molecule has 1 aromatic heterocycles. The van der Waals surface area contributed by atoms with Gasteiger partial charge in [0.05, 0.1) is 23.9 Å². The van der Waals surface area contributed by atoms with Crippen LogP contribution in [0.2, 0.25) is 5.02 Å². The van der Waals surface area contributed by atoms with Gasteiger partial charge in [-0.3, -0.25) is 4.98 Å². The second-order valence-electron chi connectivity index (χ2n) is 3.48. The highest BCUT2D eigenvalue weighted by atomic mass is 35.5. The maximum absolute atomic E-state index is 6.17. The van der Waals surface area contributed by atoms with Gasteiger partial charge in [0.1, 0.15) is 0 Å². The predicted molar refractivity (Wildman–Crippen MR) is 53.5 cm³/mol. The molecule has 4 heteroatoms. The second kappa shape index (κ2) is 3.50. The Kier molecular flexibility index (Phi) is 2.47. The molecule has 1 aliphatic heterocycles. The summed E-state index contributed by atoms with van der Waals surface area (Å²) in [7, 11) is 1.66. The molecule has 1 saturated heterocycles. The highest BCUT2D eigenvalue weighted by Crippen LogP contribution is 2.36. The van der Waals surface area contributed by atoms with E-state index < -0.39 is 5.60 Å². The molecule has 0 radical (unpaired) electrons. The molecule has 76 valence electrons. The average molecular weight is 214 g/mol. The summed E-state index contributed by atoms with van der Waals surface area (Å²) >= 11 is 6.17. The summed E-state index contributed by atoms with van der Waals surface area (Å²) in [5.41, 5.74) is 1.37. The van der Waals surface area contributed by atoms with Crippen molar-refractivity contribution in [3.8, 4) is 0 Å². The molecule has 14 heavy (non-hydrogen) atoms. The molecular formula is C10H12ClNO2. The van der Waals surface area contributed by atoms with Gasteiger partial charge in [-0.1, -0.05) is 11.6 Å². The van der Waals surface area contributed by atoms with Gasteiger partial charge < -0.3 is 9.47 Å². The molecule has 2 heterocycles. The zero-order valence-electron chi connectivity index (χ0n) is 8.21. The van der Waals surface area contributed by atoms with Crippen molar-refractivity contribution in [3.05, 3.63) is 28.5 Å². The van der Waals surface area contributed by atoms with Crippen molar-refractivity contribution in [2.24, 2.45) is 0 Å². The highest BCUT2D eigenvalue weighted by Gasteiger charge is 2.43. The van der Waals surface area contributed by atoms with E-state index >= 15 is 0 Å². The summed E-state index contributed by atoms with van der Waals surface area (Å²) < 4.78 is 10.6. The van der Waals surface area contributed by atoms with E-state index in [1.807, 2.05) is 13.0 Å². The van der Waals surface area contributed by atoms with Gasteiger partial charge in [0.2, 0.25) is 0 Å². The van der Waals surface area contributed by atoms with Gasteiger partial charge in [-0.15, -0.1) is 0 Å². The Morgan fingerprint density at radius 3 is 2.79 bits per heavy atom. The highest BCUT2D eigenvalue weighted by molar-refractivity contribution is 6.32. The molecule has 3 nitrogen and oxygen atoms in total. The summed E-state index contributed by atoms with van der Waals surface area (Å²) in [6.45, 7) is 3.01. The maximum atomic E-state index is 6.17. The van der Waals surface area contributed by atoms with Gasteiger partial charge in [0.25, 0.3) is 0 Å². The molecule has 0 aliphatic carbocycles. The van der Waals surface area contributed by atoms with Crippen LogP contribution in [-0.2, 0) is 15.1 Å². The van der Waals surface area contributed by atoms with Crippen LogP contribution >= 0.6 is 11.6 Å². The monoisotopic (exact) mass is 213 g/mol. The zero-order valence-corrected chi connectivity index (χ0v) is 8.97. The lowest BCUT2D eigenvalue weighted by Gasteiger charge is -2.39. The minimum absolute atomic E-state index is 0.427. The number of aromatic nitrogens is 1. The van der Waals surface area contributed by atoms with Gasteiger partial charge >= 0.3 is 0 Å². The SMILES string of the molecule is COC1(c2nccc(C)c2Cl)COC1. The van der Waals surface area contributed by atoms with Crippen molar-refractivity contribution in [2.45, 2.75) is 12.5 Å². The Bertz CT molecular complexity index is 344. The van der Waals surface area contributed by atoms with Crippen LogP contribution in [0.5, 0.6) is 0 Å². The first-order valence-electron chi connectivity index (χ1n) is 4.44. The van der Waals surface area contributed by atoms with E-state index in [0.717, 1.165) is 11.3 Å². The lowest BCUT2D eigenvalue weighted by Crippen LogP contribution is -2.49. The lowest BCUT2D eigenvalue weighted by atomic mass is 9.95. The van der Waals surface area contributed by atoms with Gasteiger partial charge in [-0.25, -0.2) is 0 Å². The third-order valence-electron chi connectivity index (χ3n) is 2.58. The van der Waals surface area contributed by atoms with Crippen molar-refractivity contribution >= 4 is 11.6 Å². The molecule has 0 N–H and O–H groups in total. The standard InChI is InChI=1S/C10H12ClNO2/c1-7-3-4-12-9(8(7)11)10(13-2)5-14-6-10/h3-4H,5-6H2,1-2H3. The normalized spacial score (nSPS) is 19.1. The minimum atomic E-state index is -0.427. The van der Waals surface area contributed by atoms with Crippen LogP contribution in [0.15, 0.2) is 12.3 Å². The summed E-state index contributed by atoms with van der Waals surface area (Å²) in [5, 5.41) is 0.678. The van der Waals surface area contributed by atoms with Crippen LogP contribution in [0.3, 0.4) is 0 Å². The molecule has 0 amide bonds. The topological polar surface area (TPSA) is 31.4 Å². The second-order valence-corrected chi connectivity index (χ2v) is 3.86. The fraction of sp³-hybridized carbons (Fsp3) is 0.500. The molecular weight excluding hydrogens is 202 g/mol. The first kappa shape index (κ1) is 9.90. The number of hydrogen-bond acceptors (Lipinski definition) is 3. The number of methoxy groups -OCH3 is 1. The Morgan fingerprint density at radius 2 is 2.29 bits per heavy atom. The molecule has 1 aromatic rings. The molecule has 0 bridgehead atoms. The summed E-state index contributed by atoms with van der Waals surface area (Å²) in [6, 6.07) is 1.88. The Hall–Kier alpha value is -0.640. The van der Waals surface area contributed by atoms with Crippen molar-refractivity contribution in [3.63, 3.8) is 0 Å². The fourth-order valence-electron chi connectivity index (χ4n) is 1.50. The van der Waals surface area contributed by atoms with E-state index in [9.17, 15) is 0 Å². The van der Waals surface area contributed by atoms with Crippen LogP contribution in [0.4, 0.5) is 0 Å². The minimum Gasteiger partial charge on any atom is -0.374 e. The third kappa shape index (κ3) is 1.32. The number of aryl methyl sites for hydroxylation is 1. The van der Waals surface area contributed by atoms with Crippen molar-refractivity contribution < 1.29 is 9.47 Å². The van der Waals surface area contributed by atoms with E-state index in [2.05, 4.69) is 4.98 Å². The van der Waals surface area contributed by atoms with Gasteiger partial charge in [-0.05, 0) is 18.6 Å². The number of pyridine rings is 1. The predicted octanol–water partition coefficient (Wildman–Crippen LogP) is 1.92. The summed E-state index contributed by atoms with van der Waals surface area (Å²) in [5.74, 6) is 0. The number of rotatable bonds is 2. The molecule has 0 aromatic carbocycles. The molecule has 1 aliphatic rings. The molecule has 0 unspecified atom stereocenters. The maximum Gasteiger partial charge on any atom is 0.157 e. The molecule has 2 rings (SSSR count). The van der Waals surface area contributed by atoms with Crippen LogP contribution in [0.1, 0.15) is 11.3 Å². The largest absolute Gasteiger partial charge is 0.374 e. The number of nitrogens with zero attached hydrogens (tertiary/aromatic N) is 1. The fourth-order valence-corrected chi connectivity index (χ4v) is 1.78. The summed E-state index contributed by atoms with van der Waals surface area (Å²) in [6.07, 6.45) is 1.75. The quantitative estimate of drug-likeness (QED) is 0.752. The van der Waals surface area contributed by atoms with Crippen LogP contribution in [-0.4, -0.2) is 25.3 Å². The van der Waals surface area contributed by atoms with Gasteiger partial charge in [0, 0.05) is 13.3 Å². The smallest absolute Gasteiger partial charge is 0.157 e. The molecule has 1 fully saturated rings.